The molecule has 0 aliphatic carbocycles. The zero-order chi connectivity index (χ0) is 20.4. The Labute approximate surface area is 180 Å². The van der Waals surface area contributed by atoms with Gasteiger partial charge in [0.1, 0.15) is 21.2 Å². The summed E-state index contributed by atoms with van der Waals surface area (Å²) in [4.78, 5) is 26.7. The van der Waals surface area contributed by atoms with E-state index in [9.17, 15) is 10.1 Å². The number of nitriles is 1. The van der Waals surface area contributed by atoms with Crippen molar-refractivity contribution in [3.05, 3.63) is 57.6 Å². The van der Waals surface area contributed by atoms with Gasteiger partial charge in [0.25, 0.3) is 0 Å². The normalized spacial score (nSPS) is 12.0. The van der Waals surface area contributed by atoms with E-state index in [1.807, 2.05) is 12.3 Å². The number of benzene rings is 1. The Balaban J connectivity index is 1.61. The second kappa shape index (κ2) is 8.41. The molecule has 0 bridgehead atoms. The highest BCUT2D eigenvalue weighted by Crippen LogP contribution is 2.38. The molecule has 0 fully saturated rings. The number of ketones is 1. The molecule has 3 heterocycles. The van der Waals surface area contributed by atoms with Gasteiger partial charge in [0.15, 0.2) is 11.7 Å². The highest BCUT2D eigenvalue weighted by atomic mass is 32.2. The van der Waals surface area contributed by atoms with Crippen LogP contribution in [0.3, 0.4) is 0 Å². The van der Waals surface area contributed by atoms with E-state index in [0.717, 1.165) is 32.1 Å². The first-order valence-electron chi connectivity index (χ1n) is 8.83. The second-order valence-electron chi connectivity index (χ2n) is 6.52. The third kappa shape index (κ3) is 4.08. The summed E-state index contributed by atoms with van der Waals surface area (Å²) in [5.41, 5.74) is 4.18. The van der Waals surface area contributed by atoms with Crippen molar-refractivity contribution in [3.8, 4) is 17.2 Å². The van der Waals surface area contributed by atoms with Crippen LogP contribution < -0.4 is 0 Å². The zero-order valence-electron chi connectivity index (χ0n) is 15.7. The number of carbonyl (C=O) groups excluding carboxylic acids is 1. The summed E-state index contributed by atoms with van der Waals surface area (Å²) in [6.07, 6.45) is 1.52. The average Bonchev–Trinajstić information content (AvgIpc) is 3.34. The molecule has 0 N–H and O–H groups in total. The Morgan fingerprint density at radius 1 is 1.17 bits per heavy atom. The number of aryl methyl sites for hydroxylation is 2. The van der Waals surface area contributed by atoms with Gasteiger partial charge in [-0.15, -0.1) is 22.7 Å². The molecule has 144 valence electrons. The number of thioether (sulfide) groups is 1. The molecule has 0 aliphatic heterocycles. The van der Waals surface area contributed by atoms with Crippen molar-refractivity contribution in [3.63, 3.8) is 0 Å². The minimum atomic E-state index is -0.836. The minimum absolute atomic E-state index is 0.159. The summed E-state index contributed by atoms with van der Waals surface area (Å²) in [6, 6.07) is 10.4. The summed E-state index contributed by atoms with van der Waals surface area (Å²) in [5.74, 6) is -0.838. The maximum absolute atomic E-state index is 12.7. The van der Waals surface area contributed by atoms with Crippen LogP contribution in [0.15, 0.2) is 46.4 Å². The number of hydrogen-bond donors (Lipinski definition) is 0. The number of aromatic nitrogens is 3. The molecule has 0 aliphatic rings. The van der Waals surface area contributed by atoms with E-state index in [1.54, 1.807) is 11.3 Å². The van der Waals surface area contributed by atoms with Gasteiger partial charge in [-0.25, -0.2) is 15.0 Å². The van der Waals surface area contributed by atoms with Crippen molar-refractivity contribution >= 4 is 50.4 Å². The van der Waals surface area contributed by atoms with Crippen LogP contribution in [-0.2, 0) is 4.79 Å². The van der Waals surface area contributed by atoms with Gasteiger partial charge >= 0.3 is 0 Å². The van der Waals surface area contributed by atoms with E-state index >= 15 is 0 Å². The van der Waals surface area contributed by atoms with Crippen LogP contribution in [0.4, 0.5) is 0 Å². The maximum Gasteiger partial charge on any atom is 0.167 e. The highest BCUT2D eigenvalue weighted by Gasteiger charge is 2.24. The van der Waals surface area contributed by atoms with Crippen LogP contribution in [-0.4, -0.2) is 26.5 Å². The number of carbonyl (C=O) groups is 1. The van der Waals surface area contributed by atoms with Gasteiger partial charge in [-0.1, -0.05) is 41.6 Å². The van der Waals surface area contributed by atoms with Gasteiger partial charge < -0.3 is 0 Å². The van der Waals surface area contributed by atoms with Gasteiger partial charge in [-0.3, -0.25) is 4.79 Å². The fraction of sp³-hybridized carbons (Fsp3) is 0.190. The van der Waals surface area contributed by atoms with Crippen molar-refractivity contribution in [1.82, 2.24) is 15.0 Å². The fourth-order valence-corrected chi connectivity index (χ4v) is 5.65. The molecule has 3 aromatic heterocycles. The number of thiophene rings is 1. The topological polar surface area (TPSA) is 79.5 Å². The average molecular weight is 437 g/mol. The SMILES string of the molecule is Cc1ccc(-c2csc3ncnc(SCC(=O)C(C#N)c4nc(C)cs4)c23)cc1. The van der Waals surface area contributed by atoms with Gasteiger partial charge in [0.2, 0.25) is 0 Å². The highest BCUT2D eigenvalue weighted by molar-refractivity contribution is 8.00. The van der Waals surface area contributed by atoms with Crippen LogP contribution in [0.2, 0.25) is 0 Å². The Morgan fingerprint density at radius 2 is 1.97 bits per heavy atom. The smallest absolute Gasteiger partial charge is 0.167 e. The molecule has 4 aromatic rings. The standard InChI is InChI=1S/C21H16N4OS3/c1-12-3-5-14(6-4-12)16-9-28-20-18(16)21(24-11-23-20)29-10-17(26)15(7-22)19-25-13(2)8-27-19/h3-6,8-9,11,15H,10H2,1-2H3. The number of thiazole rings is 1. The first-order valence-corrected chi connectivity index (χ1v) is 11.6. The van der Waals surface area contributed by atoms with E-state index in [2.05, 4.69) is 57.6 Å². The van der Waals surface area contributed by atoms with Gasteiger partial charge in [0.05, 0.1) is 17.2 Å². The molecule has 0 radical (unpaired) electrons. The largest absolute Gasteiger partial charge is 0.297 e. The molecule has 8 heteroatoms. The van der Waals surface area contributed by atoms with Crippen LogP contribution in [0.25, 0.3) is 21.3 Å². The zero-order valence-corrected chi connectivity index (χ0v) is 18.2. The van der Waals surface area contributed by atoms with Crippen LogP contribution in [0, 0.1) is 25.2 Å². The molecule has 29 heavy (non-hydrogen) atoms. The van der Waals surface area contributed by atoms with Gasteiger partial charge in [-0.05, 0) is 19.4 Å². The third-order valence-corrected chi connectivity index (χ3v) is 7.31. The predicted molar refractivity (Wildman–Crippen MR) is 119 cm³/mol. The maximum atomic E-state index is 12.7. The number of fused-ring (bicyclic) bond motifs is 1. The molecule has 0 saturated carbocycles. The number of nitrogens with zero attached hydrogens (tertiary/aromatic N) is 4. The van der Waals surface area contributed by atoms with Crippen LogP contribution in [0.5, 0.6) is 0 Å². The quantitative estimate of drug-likeness (QED) is 0.297. The van der Waals surface area contributed by atoms with Crippen LogP contribution in [0.1, 0.15) is 22.2 Å². The third-order valence-electron chi connectivity index (χ3n) is 4.38. The van der Waals surface area contributed by atoms with E-state index in [1.165, 1.54) is 35.0 Å². The Bertz CT molecular complexity index is 1220. The minimum Gasteiger partial charge on any atom is -0.297 e. The Morgan fingerprint density at radius 3 is 2.66 bits per heavy atom. The molecule has 5 nitrogen and oxygen atoms in total. The number of Topliss-reactive ketones (excluding diaryl/α,β-unsaturated/α-hetero) is 1. The number of rotatable bonds is 6. The van der Waals surface area contributed by atoms with Crippen molar-refractivity contribution in [2.45, 2.75) is 24.8 Å². The molecule has 0 spiro atoms. The Kier molecular flexibility index (Phi) is 5.72. The lowest BCUT2D eigenvalue weighted by Gasteiger charge is -2.07. The van der Waals surface area contributed by atoms with E-state index in [0.29, 0.717) is 5.01 Å². The van der Waals surface area contributed by atoms with E-state index < -0.39 is 5.92 Å². The van der Waals surface area contributed by atoms with Crippen molar-refractivity contribution < 1.29 is 4.79 Å². The molecule has 4 rings (SSSR count). The second-order valence-corrected chi connectivity index (χ2v) is 9.23. The molecule has 0 saturated heterocycles. The summed E-state index contributed by atoms with van der Waals surface area (Å²) >= 11 is 4.26. The lowest BCUT2D eigenvalue weighted by molar-refractivity contribution is -0.116. The summed E-state index contributed by atoms with van der Waals surface area (Å²) < 4.78 is 0. The molecule has 1 atom stereocenters. The first-order chi connectivity index (χ1) is 14.1. The van der Waals surface area contributed by atoms with Crippen molar-refractivity contribution in [1.29, 1.82) is 5.26 Å². The predicted octanol–water partition coefficient (Wildman–Crippen LogP) is 5.40. The molecular weight excluding hydrogens is 420 g/mol. The monoisotopic (exact) mass is 436 g/mol. The fourth-order valence-electron chi connectivity index (χ4n) is 2.90. The Hall–Kier alpha value is -2.60. The molecule has 1 unspecified atom stereocenters. The molecule has 1 aromatic carbocycles. The van der Waals surface area contributed by atoms with Gasteiger partial charge in [-0.2, -0.15) is 5.26 Å². The van der Waals surface area contributed by atoms with E-state index in [4.69, 9.17) is 0 Å². The lowest BCUT2D eigenvalue weighted by Crippen LogP contribution is -2.13. The first kappa shape index (κ1) is 19.7. The molecular formula is C21H16N4OS3. The molecule has 0 amide bonds. The van der Waals surface area contributed by atoms with Crippen molar-refractivity contribution in [2.24, 2.45) is 0 Å². The summed E-state index contributed by atoms with van der Waals surface area (Å²) in [5, 5.41) is 15.7. The van der Waals surface area contributed by atoms with E-state index in [-0.39, 0.29) is 11.5 Å². The summed E-state index contributed by atoms with van der Waals surface area (Å²) in [7, 11) is 0. The number of hydrogen-bond acceptors (Lipinski definition) is 8. The summed E-state index contributed by atoms with van der Waals surface area (Å²) in [6.45, 7) is 3.91. The van der Waals surface area contributed by atoms with Gasteiger partial charge in [0, 0.05) is 22.0 Å². The lowest BCUT2D eigenvalue weighted by atomic mass is 10.1. The van der Waals surface area contributed by atoms with Crippen LogP contribution >= 0.6 is 34.4 Å². The van der Waals surface area contributed by atoms with Crippen molar-refractivity contribution in [2.75, 3.05) is 5.75 Å².